The number of aromatic nitrogens is 1. The van der Waals surface area contributed by atoms with Crippen LogP contribution in [0.25, 0.3) is 10.8 Å². The fourth-order valence-corrected chi connectivity index (χ4v) is 3.47. The summed E-state index contributed by atoms with van der Waals surface area (Å²) in [4.78, 5) is 4.48. The van der Waals surface area contributed by atoms with E-state index in [4.69, 9.17) is 22.1 Å². The van der Waals surface area contributed by atoms with Gasteiger partial charge in [0.1, 0.15) is 11.6 Å². The lowest BCUT2D eigenvalue weighted by Gasteiger charge is -2.26. The van der Waals surface area contributed by atoms with Crippen LogP contribution in [-0.4, -0.2) is 17.1 Å². The summed E-state index contributed by atoms with van der Waals surface area (Å²) in [7, 11) is 0. The van der Waals surface area contributed by atoms with E-state index in [9.17, 15) is 0 Å². The second kappa shape index (κ2) is 7.52. The molecule has 1 aliphatic carbocycles. The van der Waals surface area contributed by atoms with Gasteiger partial charge in [0, 0.05) is 28.3 Å². The number of rotatable bonds is 4. The fraction of sp³-hybridized carbons (Fsp3) is 0.286. The molecule has 4 rings (SSSR count). The van der Waals surface area contributed by atoms with E-state index in [0.29, 0.717) is 11.1 Å². The minimum absolute atomic E-state index is 0.265. The van der Waals surface area contributed by atoms with Crippen molar-refractivity contribution in [2.45, 2.75) is 37.8 Å². The molecule has 1 aromatic heterocycles. The number of nitrogens with one attached hydrogen (secondary N) is 1. The molecule has 4 nitrogen and oxygen atoms in total. The zero-order valence-corrected chi connectivity index (χ0v) is 15.2. The average molecular weight is 368 g/mol. The predicted molar refractivity (Wildman–Crippen MR) is 107 cm³/mol. The molecule has 2 aromatic carbocycles. The summed E-state index contributed by atoms with van der Waals surface area (Å²) in [6.45, 7) is 0. The Bertz CT molecular complexity index is 889. The normalized spacial score (nSPS) is 20.1. The van der Waals surface area contributed by atoms with Crippen LogP contribution in [0.15, 0.2) is 54.7 Å². The molecule has 3 N–H and O–H groups in total. The van der Waals surface area contributed by atoms with E-state index in [1.807, 2.05) is 42.6 Å². The highest BCUT2D eigenvalue weighted by atomic mass is 35.5. The molecule has 0 aliphatic heterocycles. The lowest BCUT2D eigenvalue weighted by atomic mass is 9.94. The standard InChI is InChI=1S/C21H22ClN3O/c22-16-2-6-18(7-3-16)25-21-12-15-11-20(8-1-14(15)13-24-21)26-19-9-4-17(23)5-10-19/h1-3,6-8,11-13,17,19H,4-5,9-10,23H2,(H,24,25)/t17-,19+. The van der Waals surface area contributed by atoms with E-state index in [2.05, 4.69) is 22.4 Å². The van der Waals surface area contributed by atoms with Gasteiger partial charge in [0.25, 0.3) is 0 Å². The van der Waals surface area contributed by atoms with Gasteiger partial charge in [-0.3, -0.25) is 0 Å². The van der Waals surface area contributed by atoms with Crippen LogP contribution in [0.1, 0.15) is 25.7 Å². The Balaban J connectivity index is 1.51. The Hall–Kier alpha value is -2.30. The largest absolute Gasteiger partial charge is 0.490 e. The van der Waals surface area contributed by atoms with Crippen LogP contribution in [0.3, 0.4) is 0 Å². The first-order chi connectivity index (χ1) is 12.7. The third-order valence-electron chi connectivity index (χ3n) is 4.83. The number of halogens is 1. The highest BCUT2D eigenvalue weighted by molar-refractivity contribution is 6.30. The van der Waals surface area contributed by atoms with Crippen LogP contribution in [0.5, 0.6) is 5.75 Å². The Kier molecular flexibility index (Phi) is 4.96. The van der Waals surface area contributed by atoms with E-state index in [1.54, 1.807) is 0 Å². The van der Waals surface area contributed by atoms with E-state index < -0.39 is 0 Å². The fourth-order valence-electron chi connectivity index (χ4n) is 3.34. The Morgan fingerprint density at radius 1 is 0.962 bits per heavy atom. The number of anilines is 2. The Morgan fingerprint density at radius 3 is 2.50 bits per heavy atom. The van der Waals surface area contributed by atoms with Crippen molar-refractivity contribution in [1.82, 2.24) is 4.98 Å². The van der Waals surface area contributed by atoms with Crippen molar-refractivity contribution in [1.29, 1.82) is 0 Å². The molecule has 26 heavy (non-hydrogen) atoms. The summed E-state index contributed by atoms with van der Waals surface area (Å²) in [5, 5.41) is 6.21. The van der Waals surface area contributed by atoms with Gasteiger partial charge >= 0.3 is 0 Å². The molecule has 0 atom stereocenters. The van der Waals surface area contributed by atoms with E-state index in [-0.39, 0.29) is 6.10 Å². The molecule has 134 valence electrons. The van der Waals surface area contributed by atoms with Crippen molar-refractivity contribution in [3.63, 3.8) is 0 Å². The molecule has 3 aromatic rings. The van der Waals surface area contributed by atoms with Gasteiger partial charge in [0.2, 0.25) is 0 Å². The molecule has 0 unspecified atom stereocenters. The summed E-state index contributed by atoms with van der Waals surface area (Å²) in [6.07, 6.45) is 6.27. The second-order valence-electron chi connectivity index (χ2n) is 6.87. The number of hydrogen-bond acceptors (Lipinski definition) is 4. The van der Waals surface area contributed by atoms with Crippen molar-refractivity contribution in [3.8, 4) is 5.75 Å². The van der Waals surface area contributed by atoms with Crippen LogP contribution in [-0.2, 0) is 0 Å². The van der Waals surface area contributed by atoms with Crippen LogP contribution in [0.4, 0.5) is 11.5 Å². The molecule has 5 heteroatoms. The maximum atomic E-state index is 6.17. The molecule has 0 spiro atoms. The minimum atomic E-state index is 0.265. The third kappa shape index (κ3) is 4.09. The molecule has 1 saturated carbocycles. The van der Waals surface area contributed by atoms with Gasteiger partial charge in [-0.15, -0.1) is 0 Å². The van der Waals surface area contributed by atoms with Gasteiger partial charge in [0.15, 0.2) is 0 Å². The lowest BCUT2D eigenvalue weighted by molar-refractivity contribution is 0.147. The molecule has 0 amide bonds. The summed E-state index contributed by atoms with van der Waals surface area (Å²) in [5.41, 5.74) is 6.93. The smallest absolute Gasteiger partial charge is 0.130 e. The summed E-state index contributed by atoms with van der Waals surface area (Å²) >= 11 is 5.93. The zero-order valence-electron chi connectivity index (χ0n) is 14.5. The SMILES string of the molecule is N[C@H]1CC[C@@H](Oc2ccc3cnc(Nc4ccc(Cl)cc4)cc3c2)CC1. The molecule has 0 saturated heterocycles. The number of ether oxygens (including phenoxy) is 1. The first-order valence-corrected chi connectivity index (χ1v) is 9.38. The molecular formula is C21H22ClN3O. The zero-order chi connectivity index (χ0) is 17.9. The van der Waals surface area contributed by atoms with Gasteiger partial charge in [-0.05, 0) is 79.6 Å². The Morgan fingerprint density at radius 2 is 1.73 bits per heavy atom. The first-order valence-electron chi connectivity index (χ1n) is 9.00. The molecular weight excluding hydrogens is 346 g/mol. The maximum Gasteiger partial charge on any atom is 0.130 e. The first kappa shape index (κ1) is 17.1. The summed E-state index contributed by atoms with van der Waals surface area (Å²) < 4.78 is 6.17. The van der Waals surface area contributed by atoms with Crippen molar-refractivity contribution in [2.75, 3.05) is 5.32 Å². The van der Waals surface area contributed by atoms with Gasteiger partial charge in [-0.25, -0.2) is 4.98 Å². The number of nitrogens with zero attached hydrogens (tertiary/aromatic N) is 1. The van der Waals surface area contributed by atoms with Gasteiger partial charge in [-0.2, -0.15) is 0 Å². The highest BCUT2D eigenvalue weighted by Crippen LogP contribution is 2.27. The molecule has 0 radical (unpaired) electrons. The van der Waals surface area contributed by atoms with Crippen molar-refractivity contribution in [3.05, 3.63) is 59.8 Å². The Labute approximate surface area is 158 Å². The lowest BCUT2D eigenvalue weighted by Crippen LogP contribution is -2.31. The van der Waals surface area contributed by atoms with Crippen LogP contribution < -0.4 is 15.8 Å². The van der Waals surface area contributed by atoms with Crippen LogP contribution in [0.2, 0.25) is 5.02 Å². The highest BCUT2D eigenvalue weighted by Gasteiger charge is 2.19. The second-order valence-corrected chi connectivity index (χ2v) is 7.30. The van der Waals surface area contributed by atoms with E-state index in [1.165, 1.54) is 0 Å². The van der Waals surface area contributed by atoms with Gasteiger partial charge in [0.05, 0.1) is 6.10 Å². The van der Waals surface area contributed by atoms with Crippen LogP contribution >= 0.6 is 11.6 Å². The third-order valence-corrected chi connectivity index (χ3v) is 5.08. The van der Waals surface area contributed by atoms with Gasteiger partial charge < -0.3 is 15.8 Å². The van der Waals surface area contributed by atoms with Crippen molar-refractivity contribution >= 4 is 33.9 Å². The molecule has 1 aliphatic rings. The molecule has 0 bridgehead atoms. The summed E-state index contributed by atoms with van der Waals surface area (Å²) in [6, 6.07) is 16.1. The van der Waals surface area contributed by atoms with E-state index >= 15 is 0 Å². The maximum absolute atomic E-state index is 6.17. The summed E-state index contributed by atoms with van der Waals surface area (Å²) in [5.74, 6) is 1.70. The monoisotopic (exact) mass is 367 g/mol. The van der Waals surface area contributed by atoms with E-state index in [0.717, 1.165) is 53.7 Å². The molecule has 1 fully saturated rings. The number of pyridine rings is 1. The van der Waals surface area contributed by atoms with Crippen molar-refractivity contribution < 1.29 is 4.74 Å². The average Bonchev–Trinajstić information content (AvgIpc) is 2.65. The number of benzene rings is 2. The van der Waals surface area contributed by atoms with Gasteiger partial charge in [-0.1, -0.05) is 11.6 Å². The topological polar surface area (TPSA) is 60.2 Å². The quantitative estimate of drug-likeness (QED) is 0.658. The number of fused-ring (bicyclic) bond motifs is 1. The predicted octanol–water partition coefficient (Wildman–Crippen LogP) is 5.28. The number of nitrogens with two attached hydrogens (primary N) is 1. The minimum Gasteiger partial charge on any atom is -0.490 e. The molecule has 1 heterocycles. The van der Waals surface area contributed by atoms with Crippen molar-refractivity contribution in [2.24, 2.45) is 5.73 Å². The number of hydrogen-bond donors (Lipinski definition) is 2. The van der Waals surface area contributed by atoms with Crippen LogP contribution in [0, 0.1) is 0 Å².